The van der Waals surface area contributed by atoms with Gasteiger partial charge < -0.3 is 4.74 Å². The first-order chi connectivity index (χ1) is 6.93. The molecule has 0 radical (unpaired) electrons. The van der Waals surface area contributed by atoms with Crippen molar-refractivity contribution >= 4 is 21.9 Å². The molecule has 0 fully saturated rings. The molecule has 0 aromatic heterocycles. The molecule has 0 heterocycles. The normalized spacial score (nSPS) is 13.9. The summed E-state index contributed by atoms with van der Waals surface area (Å²) >= 11 is 3.07. The number of allylic oxidation sites excluding steroid dienone is 2. The van der Waals surface area contributed by atoms with E-state index in [0.717, 1.165) is 12.8 Å². The van der Waals surface area contributed by atoms with E-state index in [4.69, 9.17) is 4.74 Å². The summed E-state index contributed by atoms with van der Waals surface area (Å²) in [5, 5.41) is 0.221. The van der Waals surface area contributed by atoms with Gasteiger partial charge in [-0.2, -0.15) is 0 Å². The molecule has 0 N–H and O–H groups in total. The van der Waals surface area contributed by atoms with Crippen LogP contribution < -0.4 is 0 Å². The smallest absolute Gasteiger partial charge is 0.317 e. The fourth-order valence-electron chi connectivity index (χ4n) is 1.13. The van der Waals surface area contributed by atoms with Crippen molar-refractivity contribution in [2.45, 2.75) is 39.2 Å². The highest BCUT2D eigenvalue weighted by Gasteiger charge is 2.23. The van der Waals surface area contributed by atoms with E-state index in [2.05, 4.69) is 42.4 Å². The van der Waals surface area contributed by atoms with E-state index in [0.29, 0.717) is 0 Å². The number of esters is 1. The van der Waals surface area contributed by atoms with Crippen molar-refractivity contribution in [1.82, 2.24) is 0 Å². The van der Waals surface area contributed by atoms with Crippen LogP contribution in [0, 0.1) is 0 Å². The van der Waals surface area contributed by atoms with Crippen LogP contribution in [0.1, 0.15) is 33.6 Å². The second-order valence-corrected chi connectivity index (χ2v) is 4.51. The number of hydrogen-bond acceptors (Lipinski definition) is 2. The number of halogens is 1. The largest absolute Gasteiger partial charge is 0.454 e. The lowest BCUT2D eigenvalue weighted by atomic mass is 9.99. The number of carbonyl (C=O) groups is 1. The summed E-state index contributed by atoms with van der Waals surface area (Å²) in [5.41, 5.74) is 0.713. The molecule has 0 aliphatic rings. The van der Waals surface area contributed by atoms with E-state index in [9.17, 15) is 4.79 Å². The number of hydrogen-bond donors (Lipinski definition) is 0. The highest BCUT2D eigenvalue weighted by Crippen LogP contribution is 2.20. The molecule has 0 saturated heterocycles. The van der Waals surface area contributed by atoms with Crippen molar-refractivity contribution in [2.24, 2.45) is 0 Å². The van der Waals surface area contributed by atoms with Gasteiger partial charge in [-0.1, -0.05) is 34.2 Å². The lowest BCUT2D eigenvalue weighted by Gasteiger charge is -2.25. The second-order valence-electron chi connectivity index (χ2n) is 3.94. The Morgan fingerprint density at radius 2 is 2.13 bits per heavy atom. The van der Waals surface area contributed by atoms with Gasteiger partial charge in [0, 0.05) is 0 Å². The summed E-state index contributed by atoms with van der Waals surface area (Å²) in [6.45, 7) is 9.68. The van der Waals surface area contributed by atoms with Crippen molar-refractivity contribution in [3.8, 4) is 0 Å². The quantitative estimate of drug-likeness (QED) is 0.420. The molecular formula is C12H19BrO2. The molecule has 1 unspecified atom stereocenters. The molecule has 3 heteroatoms. The van der Waals surface area contributed by atoms with Gasteiger partial charge in [0.25, 0.3) is 0 Å². The maximum atomic E-state index is 11.2. The van der Waals surface area contributed by atoms with Crippen molar-refractivity contribution in [3.63, 3.8) is 0 Å². The van der Waals surface area contributed by atoms with E-state index in [1.54, 1.807) is 6.08 Å². The van der Waals surface area contributed by atoms with E-state index in [-0.39, 0.29) is 11.3 Å². The predicted octanol–water partition coefficient (Wildman–Crippen LogP) is 3.62. The third-order valence-electron chi connectivity index (χ3n) is 2.08. The molecule has 2 nitrogen and oxygen atoms in total. The first-order valence-corrected chi connectivity index (χ1v) is 6.10. The van der Waals surface area contributed by atoms with Crippen LogP contribution in [0.25, 0.3) is 0 Å². The number of carbonyl (C=O) groups excluding carboxylic acids is 1. The van der Waals surface area contributed by atoms with E-state index in [1.165, 1.54) is 5.57 Å². The SMILES string of the molecule is C=CC(C)(CCC=C(C)C)OC(=O)CBr. The summed E-state index contributed by atoms with van der Waals surface area (Å²) in [6, 6.07) is 0. The van der Waals surface area contributed by atoms with Gasteiger partial charge in [0.15, 0.2) is 0 Å². The molecule has 0 spiro atoms. The van der Waals surface area contributed by atoms with E-state index in [1.807, 2.05) is 6.92 Å². The molecule has 86 valence electrons. The maximum Gasteiger partial charge on any atom is 0.317 e. The first-order valence-electron chi connectivity index (χ1n) is 4.98. The maximum absolute atomic E-state index is 11.2. The van der Waals surface area contributed by atoms with Gasteiger partial charge in [0.05, 0.1) is 0 Å². The topological polar surface area (TPSA) is 26.3 Å². The molecule has 0 bridgehead atoms. The van der Waals surface area contributed by atoms with E-state index < -0.39 is 5.60 Å². The molecule has 0 aromatic carbocycles. The average molecular weight is 275 g/mol. The minimum absolute atomic E-state index is 0.221. The highest BCUT2D eigenvalue weighted by atomic mass is 79.9. The Kier molecular flexibility index (Phi) is 6.57. The Bertz CT molecular complexity index is 254. The summed E-state index contributed by atoms with van der Waals surface area (Å²) in [7, 11) is 0. The summed E-state index contributed by atoms with van der Waals surface area (Å²) in [4.78, 5) is 11.2. The first kappa shape index (κ1) is 14.4. The van der Waals surface area contributed by atoms with Crippen LogP contribution >= 0.6 is 15.9 Å². The van der Waals surface area contributed by atoms with Gasteiger partial charge >= 0.3 is 5.97 Å². The molecule has 15 heavy (non-hydrogen) atoms. The van der Waals surface area contributed by atoms with Gasteiger partial charge in [-0.25, -0.2) is 0 Å². The predicted molar refractivity (Wildman–Crippen MR) is 67.2 cm³/mol. The van der Waals surface area contributed by atoms with Crippen molar-refractivity contribution in [3.05, 3.63) is 24.3 Å². The standard InChI is InChI=1S/C12H19BrO2/c1-5-12(4,15-11(14)9-13)8-6-7-10(2)3/h5,7H,1,6,8-9H2,2-4H3. The Morgan fingerprint density at radius 3 is 2.53 bits per heavy atom. The average Bonchev–Trinajstić information content (AvgIpc) is 2.17. The second kappa shape index (κ2) is 6.83. The summed E-state index contributed by atoms with van der Waals surface area (Å²) < 4.78 is 5.28. The molecule has 0 amide bonds. The van der Waals surface area contributed by atoms with Gasteiger partial charge in [-0.3, -0.25) is 4.79 Å². The Morgan fingerprint density at radius 1 is 1.53 bits per heavy atom. The van der Waals surface area contributed by atoms with Crippen LogP contribution in [0.3, 0.4) is 0 Å². The lowest BCUT2D eigenvalue weighted by Crippen LogP contribution is -2.29. The Hall–Kier alpha value is -0.570. The molecule has 0 saturated carbocycles. The van der Waals surface area contributed by atoms with Crippen LogP contribution in [0.5, 0.6) is 0 Å². The fraction of sp³-hybridized carbons (Fsp3) is 0.583. The molecule has 1 atom stereocenters. The van der Waals surface area contributed by atoms with Crippen LogP contribution in [0.4, 0.5) is 0 Å². The highest BCUT2D eigenvalue weighted by molar-refractivity contribution is 9.09. The third-order valence-corrected chi connectivity index (χ3v) is 2.54. The van der Waals surface area contributed by atoms with Crippen LogP contribution in [0.15, 0.2) is 24.3 Å². The molecule has 0 aromatic rings. The zero-order valence-corrected chi connectivity index (χ0v) is 11.3. The zero-order chi connectivity index (χ0) is 11.9. The van der Waals surface area contributed by atoms with Gasteiger partial charge in [-0.15, -0.1) is 0 Å². The van der Waals surface area contributed by atoms with Gasteiger partial charge in [0.1, 0.15) is 10.9 Å². The minimum atomic E-state index is -0.559. The lowest BCUT2D eigenvalue weighted by molar-refractivity contribution is -0.150. The molecule has 0 rings (SSSR count). The monoisotopic (exact) mass is 274 g/mol. The summed E-state index contributed by atoms with van der Waals surface area (Å²) in [5.74, 6) is -0.255. The van der Waals surface area contributed by atoms with Crippen LogP contribution in [-0.4, -0.2) is 16.9 Å². The number of ether oxygens (including phenoxy) is 1. The molecule has 0 aliphatic heterocycles. The van der Waals surface area contributed by atoms with Gasteiger partial charge in [0.2, 0.25) is 0 Å². The zero-order valence-electron chi connectivity index (χ0n) is 9.68. The third kappa shape index (κ3) is 6.50. The summed E-state index contributed by atoms with van der Waals surface area (Å²) in [6.07, 6.45) is 5.47. The van der Waals surface area contributed by atoms with Crippen molar-refractivity contribution in [2.75, 3.05) is 5.33 Å². The van der Waals surface area contributed by atoms with Crippen molar-refractivity contribution < 1.29 is 9.53 Å². The van der Waals surface area contributed by atoms with E-state index >= 15 is 0 Å². The fourth-order valence-corrected chi connectivity index (χ4v) is 1.24. The van der Waals surface area contributed by atoms with Gasteiger partial charge in [-0.05, 0) is 39.7 Å². The minimum Gasteiger partial charge on any atom is -0.454 e. The van der Waals surface area contributed by atoms with Crippen LogP contribution in [-0.2, 0) is 9.53 Å². The van der Waals surface area contributed by atoms with Crippen LogP contribution in [0.2, 0.25) is 0 Å². The Balaban J connectivity index is 4.25. The molecular weight excluding hydrogens is 256 g/mol. The number of rotatable bonds is 6. The molecule has 0 aliphatic carbocycles. The number of alkyl halides is 1. The van der Waals surface area contributed by atoms with Crippen molar-refractivity contribution in [1.29, 1.82) is 0 Å². The Labute approximate surface area is 101 Å².